The van der Waals surface area contributed by atoms with Gasteiger partial charge in [0.05, 0.1) is 13.2 Å². The molecule has 1 amide bonds. The Balaban J connectivity index is 1.61. The Hall–Kier alpha value is -1.44. The first-order valence-electron chi connectivity index (χ1n) is 7.87. The molecule has 2 rings (SSSR count). The third-order valence-corrected chi connectivity index (χ3v) is 4.04. The fourth-order valence-electron chi connectivity index (χ4n) is 2.61. The maximum absolute atomic E-state index is 11.8. The third-order valence-electron chi connectivity index (χ3n) is 4.04. The predicted molar refractivity (Wildman–Crippen MR) is 84.7 cm³/mol. The molecule has 1 aromatic rings. The van der Waals surface area contributed by atoms with Crippen molar-refractivity contribution in [2.75, 3.05) is 59.5 Å². The number of rotatable bonds is 8. The molecule has 7 nitrogen and oxygen atoms in total. The molecule has 0 saturated carbocycles. The fraction of sp³-hybridized carbons (Fsp3) is 0.733. The van der Waals surface area contributed by atoms with Crippen molar-refractivity contribution in [3.05, 3.63) is 18.2 Å². The molecule has 2 heterocycles. The van der Waals surface area contributed by atoms with E-state index in [0.29, 0.717) is 19.7 Å². The number of aryl methyl sites for hydroxylation is 1. The monoisotopic (exact) mass is 309 g/mol. The van der Waals surface area contributed by atoms with Gasteiger partial charge < -0.3 is 14.6 Å². The van der Waals surface area contributed by atoms with Gasteiger partial charge in [-0.1, -0.05) is 0 Å². The van der Waals surface area contributed by atoms with Crippen LogP contribution in [0.1, 0.15) is 5.82 Å². The molecule has 1 aliphatic rings. The van der Waals surface area contributed by atoms with Gasteiger partial charge in [0.2, 0.25) is 5.91 Å². The third kappa shape index (κ3) is 5.40. The van der Waals surface area contributed by atoms with E-state index in [9.17, 15) is 4.79 Å². The van der Waals surface area contributed by atoms with E-state index in [1.807, 2.05) is 19.3 Å². The number of hydrogen-bond donors (Lipinski definition) is 1. The normalized spacial score (nSPS) is 16.8. The average molecular weight is 309 g/mol. The van der Waals surface area contributed by atoms with Gasteiger partial charge in [0.1, 0.15) is 5.82 Å². The van der Waals surface area contributed by atoms with E-state index in [1.54, 1.807) is 7.11 Å². The largest absolute Gasteiger partial charge is 0.383 e. The molecule has 0 aliphatic carbocycles. The van der Waals surface area contributed by atoms with E-state index in [1.165, 1.54) is 0 Å². The smallest absolute Gasteiger partial charge is 0.234 e. The first-order valence-corrected chi connectivity index (χ1v) is 7.87. The van der Waals surface area contributed by atoms with Crippen LogP contribution in [0.25, 0.3) is 0 Å². The maximum Gasteiger partial charge on any atom is 0.234 e. The van der Waals surface area contributed by atoms with Gasteiger partial charge in [0.25, 0.3) is 0 Å². The molecule has 0 radical (unpaired) electrons. The second-order valence-electron chi connectivity index (χ2n) is 5.63. The Morgan fingerprint density at radius 1 is 1.27 bits per heavy atom. The number of nitrogens with zero attached hydrogens (tertiary/aromatic N) is 4. The molecule has 0 unspecified atom stereocenters. The summed E-state index contributed by atoms with van der Waals surface area (Å²) < 4.78 is 7.10. The number of methoxy groups -OCH3 is 1. The van der Waals surface area contributed by atoms with Crippen molar-refractivity contribution in [3.63, 3.8) is 0 Å². The molecule has 1 aliphatic heterocycles. The zero-order chi connectivity index (χ0) is 15.8. The number of nitrogens with one attached hydrogen (secondary N) is 1. The van der Waals surface area contributed by atoms with Gasteiger partial charge in [-0.25, -0.2) is 4.98 Å². The van der Waals surface area contributed by atoms with Crippen LogP contribution in [0.3, 0.4) is 0 Å². The Labute approximate surface area is 132 Å². The van der Waals surface area contributed by atoms with Gasteiger partial charge in [-0.15, -0.1) is 0 Å². The summed E-state index contributed by atoms with van der Waals surface area (Å²) in [5, 5.41) is 2.86. The van der Waals surface area contributed by atoms with E-state index < -0.39 is 0 Å². The van der Waals surface area contributed by atoms with Crippen molar-refractivity contribution in [2.24, 2.45) is 0 Å². The summed E-state index contributed by atoms with van der Waals surface area (Å²) in [5.41, 5.74) is 0. The fourth-order valence-corrected chi connectivity index (χ4v) is 2.61. The van der Waals surface area contributed by atoms with Crippen LogP contribution in [0, 0.1) is 6.92 Å². The molecule has 1 saturated heterocycles. The van der Waals surface area contributed by atoms with Crippen molar-refractivity contribution >= 4 is 5.91 Å². The van der Waals surface area contributed by atoms with Crippen molar-refractivity contribution in [1.29, 1.82) is 0 Å². The number of aromatic nitrogens is 2. The molecule has 1 aromatic heterocycles. The number of ether oxygens (including phenoxy) is 1. The van der Waals surface area contributed by atoms with Crippen molar-refractivity contribution in [2.45, 2.75) is 13.5 Å². The summed E-state index contributed by atoms with van der Waals surface area (Å²) in [7, 11) is 1.64. The lowest BCUT2D eigenvalue weighted by Crippen LogP contribution is -2.50. The van der Waals surface area contributed by atoms with Crippen LogP contribution >= 0.6 is 0 Å². The summed E-state index contributed by atoms with van der Waals surface area (Å²) in [6.45, 7) is 9.58. The molecule has 0 spiro atoms. The summed E-state index contributed by atoms with van der Waals surface area (Å²) in [5.74, 6) is 1.14. The van der Waals surface area contributed by atoms with Crippen LogP contribution in [-0.4, -0.2) is 84.8 Å². The number of hydrogen-bond acceptors (Lipinski definition) is 5. The minimum Gasteiger partial charge on any atom is -0.383 e. The van der Waals surface area contributed by atoms with E-state index in [4.69, 9.17) is 4.74 Å². The molecular weight excluding hydrogens is 282 g/mol. The minimum absolute atomic E-state index is 0.0829. The van der Waals surface area contributed by atoms with Crippen LogP contribution in [-0.2, 0) is 16.1 Å². The lowest BCUT2D eigenvalue weighted by molar-refractivity contribution is -0.122. The van der Waals surface area contributed by atoms with Gasteiger partial charge >= 0.3 is 0 Å². The summed E-state index contributed by atoms with van der Waals surface area (Å²) in [4.78, 5) is 20.6. The van der Waals surface area contributed by atoms with Crippen molar-refractivity contribution in [3.8, 4) is 0 Å². The number of carbonyl (C=O) groups excluding carboxylic acids is 1. The summed E-state index contributed by atoms with van der Waals surface area (Å²) >= 11 is 0. The van der Waals surface area contributed by atoms with E-state index in [0.717, 1.165) is 45.1 Å². The van der Waals surface area contributed by atoms with Crippen LogP contribution in [0.15, 0.2) is 12.4 Å². The zero-order valence-corrected chi connectivity index (χ0v) is 13.6. The highest BCUT2D eigenvalue weighted by Crippen LogP contribution is 2.03. The van der Waals surface area contributed by atoms with Crippen LogP contribution in [0.5, 0.6) is 0 Å². The molecule has 0 atom stereocenters. The van der Waals surface area contributed by atoms with Gasteiger partial charge in [0, 0.05) is 65.3 Å². The topological polar surface area (TPSA) is 62.6 Å². The van der Waals surface area contributed by atoms with Crippen LogP contribution in [0.4, 0.5) is 0 Å². The van der Waals surface area contributed by atoms with Gasteiger partial charge in [-0.2, -0.15) is 0 Å². The van der Waals surface area contributed by atoms with Crippen LogP contribution < -0.4 is 5.32 Å². The Morgan fingerprint density at radius 2 is 2.00 bits per heavy atom. The Morgan fingerprint density at radius 3 is 2.64 bits per heavy atom. The van der Waals surface area contributed by atoms with Gasteiger partial charge in [-0.3, -0.25) is 14.6 Å². The van der Waals surface area contributed by atoms with E-state index in [2.05, 4.69) is 24.7 Å². The first kappa shape index (κ1) is 16.9. The minimum atomic E-state index is 0.0829. The SMILES string of the molecule is COCCNC(=O)CN1CCN(CCn2ccnc2C)CC1. The molecule has 124 valence electrons. The maximum atomic E-state index is 11.8. The zero-order valence-electron chi connectivity index (χ0n) is 13.6. The molecule has 22 heavy (non-hydrogen) atoms. The Kier molecular flexibility index (Phi) is 6.82. The van der Waals surface area contributed by atoms with Crippen LogP contribution in [0.2, 0.25) is 0 Å². The van der Waals surface area contributed by atoms with Gasteiger partial charge in [-0.05, 0) is 6.92 Å². The standard InChI is InChI=1S/C15H27N5O2/c1-14-16-3-5-20(14)11-10-18-6-8-19(9-7-18)13-15(21)17-4-12-22-2/h3,5H,4,6-13H2,1-2H3,(H,17,21). The molecule has 1 N–H and O–H groups in total. The highest BCUT2D eigenvalue weighted by atomic mass is 16.5. The second-order valence-corrected chi connectivity index (χ2v) is 5.63. The molecule has 0 bridgehead atoms. The number of imidazole rings is 1. The highest BCUT2D eigenvalue weighted by Gasteiger charge is 2.18. The number of carbonyl (C=O) groups is 1. The lowest BCUT2D eigenvalue weighted by Gasteiger charge is -2.34. The summed E-state index contributed by atoms with van der Waals surface area (Å²) in [6, 6.07) is 0. The van der Waals surface area contributed by atoms with Crippen molar-refractivity contribution in [1.82, 2.24) is 24.7 Å². The molecule has 0 aromatic carbocycles. The quantitative estimate of drug-likeness (QED) is 0.661. The number of piperazine rings is 1. The predicted octanol–water partition coefficient (Wildman–Crippen LogP) is -0.428. The Bertz CT molecular complexity index is 455. The van der Waals surface area contributed by atoms with Crippen molar-refractivity contribution < 1.29 is 9.53 Å². The average Bonchev–Trinajstić information content (AvgIpc) is 2.92. The first-order chi connectivity index (χ1) is 10.7. The lowest BCUT2D eigenvalue weighted by atomic mass is 10.3. The molecular formula is C15H27N5O2. The summed E-state index contributed by atoms with van der Waals surface area (Å²) in [6.07, 6.45) is 3.87. The number of amides is 1. The highest BCUT2D eigenvalue weighted by molar-refractivity contribution is 5.77. The van der Waals surface area contributed by atoms with E-state index >= 15 is 0 Å². The molecule has 1 fully saturated rings. The molecule has 7 heteroatoms. The van der Waals surface area contributed by atoms with Gasteiger partial charge in [0.15, 0.2) is 0 Å². The second kappa shape index (κ2) is 8.87. The van der Waals surface area contributed by atoms with E-state index in [-0.39, 0.29) is 5.91 Å².